The van der Waals surface area contributed by atoms with Crippen molar-refractivity contribution in [2.45, 2.75) is 30.6 Å². The fourth-order valence-electron chi connectivity index (χ4n) is 5.13. The molecule has 3 N–H and O–H groups in total. The van der Waals surface area contributed by atoms with Gasteiger partial charge in [0.2, 0.25) is 5.91 Å². The molecule has 3 amide bonds. The number of nitrogens with one attached hydrogen (secondary N) is 3. The lowest BCUT2D eigenvalue weighted by molar-refractivity contribution is -0.115. The van der Waals surface area contributed by atoms with Crippen LogP contribution in [0.15, 0.2) is 150 Å². The van der Waals surface area contributed by atoms with Gasteiger partial charge >= 0.3 is 0 Å². The summed E-state index contributed by atoms with van der Waals surface area (Å²) in [5.41, 5.74) is 4.58. The number of hydrogen-bond donors (Lipinski definition) is 3. The predicted octanol–water partition coefficient (Wildman–Crippen LogP) is 9.23. The molecule has 0 fully saturated rings. The summed E-state index contributed by atoms with van der Waals surface area (Å²) in [5.74, 6) is -0.426. The Bertz CT molecular complexity index is 2170. The van der Waals surface area contributed by atoms with E-state index in [0.29, 0.717) is 34.3 Å². The topological polar surface area (TPSA) is 109 Å². The van der Waals surface area contributed by atoms with E-state index in [9.17, 15) is 14.4 Å². The zero-order valence-corrected chi connectivity index (χ0v) is 30.2. The largest absolute Gasteiger partial charge is 0.489 e. The molecule has 0 aliphatic carbocycles. The first kappa shape index (κ1) is 35.8. The smallest absolute Gasteiger partial charge is 0.272 e. The monoisotopic (exact) mass is 724 g/mol. The van der Waals surface area contributed by atoms with Gasteiger partial charge in [-0.3, -0.25) is 14.4 Å². The Hall–Kier alpha value is -5.97. The van der Waals surface area contributed by atoms with Crippen LogP contribution >= 0.6 is 23.1 Å². The molecule has 0 bridgehead atoms. The second-order valence-electron chi connectivity index (χ2n) is 11.7. The maximum atomic E-state index is 13.7. The van der Waals surface area contributed by atoms with E-state index in [1.54, 1.807) is 48.5 Å². The van der Waals surface area contributed by atoms with Crippen LogP contribution in [0.4, 0.5) is 10.8 Å². The Balaban J connectivity index is 1.12. The number of rotatable bonds is 13. The van der Waals surface area contributed by atoms with Gasteiger partial charge in [-0.2, -0.15) is 0 Å². The van der Waals surface area contributed by atoms with E-state index in [1.165, 1.54) is 23.1 Å². The SMILES string of the molecule is Cc1sc(NC(=O)C(C)Sc2cccc(NC(=O)/C(=C/c3ccc(OCc4ccccc4)cc3)NC(=O)c3ccccc3)c2)nc1-c1ccccc1. The molecule has 0 saturated heterocycles. The van der Waals surface area contributed by atoms with Gasteiger partial charge in [-0.15, -0.1) is 23.1 Å². The van der Waals surface area contributed by atoms with Crippen LogP contribution < -0.4 is 20.7 Å². The van der Waals surface area contributed by atoms with Gasteiger partial charge in [0.25, 0.3) is 11.8 Å². The number of hydrogen-bond acceptors (Lipinski definition) is 7. The molecule has 1 unspecified atom stereocenters. The normalized spacial score (nSPS) is 11.7. The molecule has 260 valence electrons. The Kier molecular flexibility index (Phi) is 11.9. The average Bonchev–Trinajstić information content (AvgIpc) is 3.54. The van der Waals surface area contributed by atoms with E-state index < -0.39 is 17.1 Å². The number of thiazole rings is 1. The number of benzene rings is 5. The van der Waals surface area contributed by atoms with Crippen LogP contribution in [-0.2, 0) is 16.2 Å². The quantitative estimate of drug-likeness (QED) is 0.0810. The summed E-state index contributed by atoms with van der Waals surface area (Å²) in [7, 11) is 0. The van der Waals surface area contributed by atoms with Gasteiger partial charge < -0.3 is 20.7 Å². The minimum atomic E-state index is -0.505. The fourth-order valence-corrected chi connectivity index (χ4v) is 6.90. The first-order valence-electron chi connectivity index (χ1n) is 16.6. The average molecular weight is 725 g/mol. The number of aromatic nitrogens is 1. The van der Waals surface area contributed by atoms with Gasteiger partial charge in [-0.1, -0.05) is 97.1 Å². The van der Waals surface area contributed by atoms with E-state index in [-0.39, 0.29) is 11.6 Å². The Labute approximate surface area is 311 Å². The minimum Gasteiger partial charge on any atom is -0.489 e. The van der Waals surface area contributed by atoms with Crippen LogP contribution in [-0.4, -0.2) is 28.0 Å². The third-order valence-electron chi connectivity index (χ3n) is 7.82. The summed E-state index contributed by atoms with van der Waals surface area (Å²) in [6, 6.07) is 42.9. The molecule has 6 aromatic rings. The highest BCUT2D eigenvalue weighted by molar-refractivity contribution is 8.00. The third kappa shape index (κ3) is 9.84. The van der Waals surface area contributed by atoms with E-state index in [2.05, 4.69) is 20.9 Å². The molecule has 1 aromatic heterocycles. The molecule has 1 heterocycles. The van der Waals surface area contributed by atoms with Gasteiger partial charge in [-0.05, 0) is 73.5 Å². The Morgan fingerprint density at radius 3 is 2.19 bits per heavy atom. The molecule has 5 aromatic carbocycles. The highest BCUT2D eigenvalue weighted by Crippen LogP contribution is 2.32. The number of amides is 3. The number of nitrogens with zero attached hydrogens (tertiary/aromatic N) is 1. The second-order valence-corrected chi connectivity index (χ2v) is 14.4. The summed E-state index contributed by atoms with van der Waals surface area (Å²) in [5, 5.41) is 8.73. The number of carbonyl (C=O) groups excluding carboxylic acids is 3. The molecule has 0 aliphatic rings. The fraction of sp³-hybridized carbons (Fsp3) is 0.0952. The minimum absolute atomic E-state index is 0.0613. The second kappa shape index (κ2) is 17.3. The molecular weight excluding hydrogens is 689 g/mol. The Morgan fingerprint density at radius 1 is 0.808 bits per heavy atom. The van der Waals surface area contributed by atoms with Crippen LogP contribution in [0.3, 0.4) is 0 Å². The first-order chi connectivity index (χ1) is 25.3. The van der Waals surface area contributed by atoms with Crippen molar-refractivity contribution in [2.24, 2.45) is 0 Å². The van der Waals surface area contributed by atoms with Crippen LogP contribution in [0.25, 0.3) is 17.3 Å². The first-order valence-corrected chi connectivity index (χ1v) is 18.3. The van der Waals surface area contributed by atoms with Crippen molar-refractivity contribution >= 4 is 57.7 Å². The number of aryl methyl sites for hydroxylation is 1. The summed E-state index contributed by atoms with van der Waals surface area (Å²) >= 11 is 2.80. The summed E-state index contributed by atoms with van der Waals surface area (Å²) in [6.45, 7) is 4.24. The van der Waals surface area contributed by atoms with Gasteiger partial charge in [0.15, 0.2) is 5.13 Å². The molecular formula is C42H36N4O4S2. The van der Waals surface area contributed by atoms with Crippen molar-refractivity contribution in [3.63, 3.8) is 0 Å². The highest BCUT2D eigenvalue weighted by Gasteiger charge is 2.19. The molecule has 8 nitrogen and oxygen atoms in total. The molecule has 0 saturated carbocycles. The van der Waals surface area contributed by atoms with Gasteiger partial charge in [-0.25, -0.2) is 4.98 Å². The number of ether oxygens (including phenoxy) is 1. The van der Waals surface area contributed by atoms with Gasteiger partial charge in [0.05, 0.1) is 10.9 Å². The Morgan fingerprint density at radius 2 is 1.48 bits per heavy atom. The van der Waals surface area contributed by atoms with Crippen LogP contribution in [0.5, 0.6) is 5.75 Å². The summed E-state index contributed by atoms with van der Waals surface area (Å²) < 4.78 is 5.91. The van der Waals surface area contributed by atoms with Crippen molar-refractivity contribution in [1.82, 2.24) is 10.3 Å². The van der Waals surface area contributed by atoms with Crippen LogP contribution in [0.1, 0.15) is 33.3 Å². The number of carbonyl (C=O) groups is 3. The predicted molar refractivity (Wildman–Crippen MR) is 210 cm³/mol. The maximum Gasteiger partial charge on any atom is 0.272 e. The lowest BCUT2D eigenvalue weighted by atomic mass is 10.1. The van der Waals surface area contributed by atoms with E-state index in [4.69, 9.17) is 4.74 Å². The van der Waals surface area contributed by atoms with E-state index in [1.807, 2.05) is 111 Å². The number of thioether (sulfide) groups is 1. The van der Waals surface area contributed by atoms with Crippen LogP contribution in [0.2, 0.25) is 0 Å². The van der Waals surface area contributed by atoms with E-state index >= 15 is 0 Å². The zero-order chi connectivity index (χ0) is 36.3. The third-order valence-corrected chi connectivity index (χ3v) is 9.80. The molecule has 10 heteroatoms. The molecule has 0 aliphatic heterocycles. The zero-order valence-electron chi connectivity index (χ0n) is 28.5. The lowest BCUT2D eigenvalue weighted by Gasteiger charge is -2.14. The van der Waals surface area contributed by atoms with Crippen molar-refractivity contribution in [1.29, 1.82) is 0 Å². The van der Waals surface area contributed by atoms with Gasteiger partial charge in [0, 0.05) is 26.6 Å². The summed E-state index contributed by atoms with van der Waals surface area (Å²) in [6.07, 6.45) is 1.62. The molecule has 0 radical (unpaired) electrons. The van der Waals surface area contributed by atoms with Crippen molar-refractivity contribution < 1.29 is 19.1 Å². The molecule has 52 heavy (non-hydrogen) atoms. The van der Waals surface area contributed by atoms with Gasteiger partial charge in [0.1, 0.15) is 18.1 Å². The lowest BCUT2D eigenvalue weighted by Crippen LogP contribution is -2.30. The maximum absolute atomic E-state index is 13.7. The van der Waals surface area contributed by atoms with Crippen molar-refractivity contribution in [3.8, 4) is 17.0 Å². The molecule has 1 atom stereocenters. The summed E-state index contributed by atoms with van der Waals surface area (Å²) in [4.78, 5) is 46.4. The number of anilines is 2. The molecule has 0 spiro atoms. The highest BCUT2D eigenvalue weighted by atomic mass is 32.2. The standard InChI is InChI=1S/C42H36N4O4S2/c1-28-38(32-15-8-4-9-16-32)45-42(52-28)46-39(47)29(2)51-36-20-12-19-34(26-36)43-41(49)37(44-40(48)33-17-10-5-11-18-33)25-30-21-23-35(24-22-30)50-27-31-13-6-3-7-14-31/h3-26,29H,27H2,1-2H3,(H,43,49)(H,44,48)(H,45,46,47)/b37-25-. The van der Waals surface area contributed by atoms with Crippen LogP contribution in [0, 0.1) is 6.92 Å². The molecule has 6 rings (SSSR count). The van der Waals surface area contributed by atoms with E-state index in [0.717, 1.165) is 26.6 Å². The van der Waals surface area contributed by atoms with Crippen molar-refractivity contribution in [2.75, 3.05) is 10.6 Å². The van der Waals surface area contributed by atoms with Crippen molar-refractivity contribution in [3.05, 3.63) is 167 Å².